The molecular formula is C20H26N2O. The molecule has 0 spiro atoms. The first-order chi connectivity index (χ1) is 11.1. The van der Waals surface area contributed by atoms with Crippen LogP contribution < -0.4 is 10.2 Å². The average molecular weight is 310 g/mol. The van der Waals surface area contributed by atoms with Crippen molar-refractivity contribution in [3.8, 4) is 0 Å². The summed E-state index contributed by atoms with van der Waals surface area (Å²) >= 11 is 0. The maximum atomic E-state index is 12.9. The van der Waals surface area contributed by atoms with E-state index in [1.807, 2.05) is 73.6 Å². The van der Waals surface area contributed by atoms with Crippen LogP contribution in [0.15, 0.2) is 54.6 Å². The van der Waals surface area contributed by atoms with Gasteiger partial charge >= 0.3 is 0 Å². The number of unbranched alkanes of at least 4 members (excludes halogenated alkanes) is 1. The number of benzene rings is 2. The number of rotatable bonds is 8. The lowest BCUT2D eigenvalue weighted by molar-refractivity contribution is 0.0943. The minimum absolute atomic E-state index is 0.123. The van der Waals surface area contributed by atoms with Crippen molar-refractivity contribution >= 4 is 11.5 Å². The zero-order chi connectivity index (χ0) is 16.7. The molecule has 0 aliphatic rings. The van der Waals surface area contributed by atoms with Crippen molar-refractivity contribution in [1.29, 1.82) is 0 Å². The van der Waals surface area contributed by atoms with E-state index in [9.17, 15) is 4.79 Å². The fraction of sp³-hybridized carbons (Fsp3) is 0.350. The first-order valence-corrected chi connectivity index (χ1v) is 8.23. The van der Waals surface area contributed by atoms with Crippen LogP contribution in [0.3, 0.4) is 0 Å². The summed E-state index contributed by atoms with van der Waals surface area (Å²) in [7, 11) is 3.99. The van der Waals surface area contributed by atoms with E-state index in [2.05, 4.69) is 12.2 Å². The molecule has 23 heavy (non-hydrogen) atoms. The molecule has 0 saturated heterocycles. The monoisotopic (exact) mass is 310 g/mol. The Hall–Kier alpha value is -2.13. The van der Waals surface area contributed by atoms with Crippen LogP contribution in [0.1, 0.15) is 41.7 Å². The molecule has 3 nitrogen and oxygen atoms in total. The van der Waals surface area contributed by atoms with Gasteiger partial charge in [0, 0.05) is 25.3 Å². The summed E-state index contributed by atoms with van der Waals surface area (Å²) in [5.41, 5.74) is 2.86. The first-order valence-electron chi connectivity index (χ1n) is 8.23. The Bertz CT molecular complexity index is 605. The van der Waals surface area contributed by atoms with Crippen molar-refractivity contribution in [2.24, 2.45) is 0 Å². The van der Waals surface area contributed by atoms with E-state index in [0.717, 1.165) is 36.2 Å². The molecule has 0 amide bonds. The highest BCUT2D eigenvalue weighted by Crippen LogP contribution is 2.20. The summed E-state index contributed by atoms with van der Waals surface area (Å²) in [6.45, 7) is 3.00. The number of nitrogens with one attached hydrogen (secondary N) is 1. The van der Waals surface area contributed by atoms with Gasteiger partial charge < -0.3 is 10.2 Å². The molecule has 122 valence electrons. The highest BCUT2D eigenvalue weighted by atomic mass is 16.1. The van der Waals surface area contributed by atoms with Crippen LogP contribution in [-0.4, -0.2) is 26.4 Å². The molecule has 0 aliphatic heterocycles. The Morgan fingerprint density at radius 2 is 1.70 bits per heavy atom. The van der Waals surface area contributed by atoms with Crippen LogP contribution >= 0.6 is 0 Å². The normalized spacial score (nSPS) is 12.0. The lowest BCUT2D eigenvalue weighted by Crippen LogP contribution is -2.29. The third-order valence-electron chi connectivity index (χ3n) is 3.94. The number of anilines is 1. The van der Waals surface area contributed by atoms with Gasteiger partial charge in [0.2, 0.25) is 0 Å². The maximum absolute atomic E-state index is 12.9. The Kier molecular flexibility index (Phi) is 6.36. The molecule has 2 aromatic carbocycles. The molecule has 0 aliphatic carbocycles. The second-order valence-electron chi connectivity index (χ2n) is 5.96. The lowest BCUT2D eigenvalue weighted by Gasteiger charge is -2.19. The Labute approximate surface area is 139 Å². The SMILES string of the molecule is CCCCNC(C(=O)c1ccc(N(C)C)cc1)c1ccccc1. The van der Waals surface area contributed by atoms with E-state index < -0.39 is 0 Å². The van der Waals surface area contributed by atoms with Gasteiger partial charge in [-0.2, -0.15) is 0 Å². The lowest BCUT2D eigenvalue weighted by atomic mass is 9.97. The number of Topliss-reactive ketones (excluding diaryl/α,β-unsaturated/α-hetero) is 1. The topological polar surface area (TPSA) is 32.3 Å². The number of carbonyl (C=O) groups is 1. The highest BCUT2D eigenvalue weighted by Gasteiger charge is 2.21. The molecule has 1 N–H and O–H groups in total. The van der Waals surface area contributed by atoms with Crippen LogP contribution in [0.5, 0.6) is 0 Å². The number of ketones is 1. The van der Waals surface area contributed by atoms with Crippen LogP contribution in [0.2, 0.25) is 0 Å². The standard InChI is InChI=1S/C20H26N2O/c1-4-5-15-21-19(16-9-7-6-8-10-16)20(23)17-11-13-18(14-12-17)22(2)3/h6-14,19,21H,4-5,15H2,1-3H3. The molecule has 2 aromatic rings. The van der Waals surface area contributed by atoms with Crippen molar-refractivity contribution in [1.82, 2.24) is 5.32 Å². The van der Waals surface area contributed by atoms with Crippen LogP contribution in [-0.2, 0) is 0 Å². The molecule has 2 rings (SSSR count). The van der Waals surface area contributed by atoms with E-state index in [-0.39, 0.29) is 11.8 Å². The molecule has 0 saturated carbocycles. The molecule has 0 aromatic heterocycles. The molecule has 0 radical (unpaired) electrons. The first kappa shape index (κ1) is 17.2. The molecular weight excluding hydrogens is 284 g/mol. The number of nitrogens with zero attached hydrogens (tertiary/aromatic N) is 1. The fourth-order valence-corrected chi connectivity index (χ4v) is 2.52. The Morgan fingerprint density at radius 1 is 1.04 bits per heavy atom. The fourth-order valence-electron chi connectivity index (χ4n) is 2.52. The predicted molar refractivity (Wildman–Crippen MR) is 97.2 cm³/mol. The zero-order valence-corrected chi connectivity index (χ0v) is 14.3. The van der Waals surface area contributed by atoms with E-state index >= 15 is 0 Å². The van der Waals surface area contributed by atoms with Crippen LogP contribution in [0, 0.1) is 0 Å². The molecule has 1 atom stereocenters. The minimum Gasteiger partial charge on any atom is -0.378 e. The molecule has 1 unspecified atom stereocenters. The summed E-state index contributed by atoms with van der Waals surface area (Å²) in [4.78, 5) is 15.0. The third kappa shape index (κ3) is 4.67. The van der Waals surface area contributed by atoms with Crippen LogP contribution in [0.25, 0.3) is 0 Å². The van der Waals surface area contributed by atoms with E-state index in [4.69, 9.17) is 0 Å². The highest BCUT2D eigenvalue weighted by molar-refractivity contribution is 6.00. The van der Waals surface area contributed by atoms with Gasteiger partial charge in [0.15, 0.2) is 5.78 Å². The van der Waals surface area contributed by atoms with Gasteiger partial charge in [-0.1, -0.05) is 43.7 Å². The zero-order valence-electron chi connectivity index (χ0n) is 14.3. The predicted octanol–water partition coefficient (Wildman–Crippen LogP) is 4.07. The van der Waals surface area contributed by atoms with Crippen molar-refractivity contribution in [3.63, 3.8) is 0 Å². The van der Waals surface area contributed by atoms with Crippen molar-refractivity contribution in [2.75, 3.05) is 25.5 Å². The number of hydrogen-bond acceptors (Lipinski definition) is 3. The van der Waals surface area contributed by atoms with E-state index in [1.165, 1.54) is 0 Å². The number of hydrogen-bond donors (Lipinski definition) is 1. The van der Waals surface area contributed by atoms with Gasteiger partial charge in [0.05, 0.1) is 6.04 Å². The van der Waals surface area contributed by atoms with Crippen molar-refractivity contribution in [3.05, 3.63) is 65.7 Å². The summed E-state index contributed by atoms with van der Waals surface area (Å²) in [5.74, 6) is 0.123. The van der Waals surface area contributed by atoms with Gasteiger partial charge in [-0.05, 0) is 42.8 Å². The average Bonchev–Trinajstić information content (AvgIpc) is 2.59. The molecule has 0 fully saturated rings. The summed E-state index contributed by atoms with van der Waals surface area (Å²) in [6.07, 6.45) is 2.18. The van der Waals surface area contributed by atoms with Gasteiger partial charge in [-0.3, -0.25) is 4.79 Å². The van der Waals surface area contributed by atoms with Crippen LogP contribution in [0.4, 0.5) is 5.69 Å². The Morgan fingerprint density at radius 3 is 2.26 bits per heavy atom. The number of carbonyl (C=O) groups excluding carboxylic acids is 1. The second-order valence-corrected chi connectivity index (χ2v) is 5.96. The second kappa shape index (κ2) is 8.49. The summed E-state index contributed by atoms with van der Waals surface area (Å²) in [5, 5.41) is 3.41. The van der Waals surface area contributed by atoms with Gasteiger partial charge in [-0.15, -0.1) is 0 Å². The summed E-state index contributed by atoms with van der Waals surface area (Å²) in [6, 6.07) is 17.5. The van der Waals surface area contributed by atoms with Gasteiger partial charge in [0.25, 0.3) is 0 Å². The van der Waals surface area contributed by atoms with E-state index in [1.54, 1.807) is 0 Å². The third-order valence-corrected chi connectivity index (χ3v) is 3.94. The van der Waals surface area contributed by atoms with Crippen molar-refractivity contribution in [2.45, 2.75) is 25.8 Å². The maximum Gasteiger partial charge on any atom is 0.184 e. The largest absolute Gasteiger partial charge is 0.378 e. The molecule has 0 bridgehead atoms. The van der Waals surface area contributed by atoms with E-state index in [0.29, 0.717) is 0 Å². The smallest absolute Gasteiger partial charge is 0.184 e. The Balaban J connectivity index is 2.21. The van der Waals surface area contributed by atoms with Gasteiger partial charge in [-0.25, -0.2) is 0 Å². The molecule has 3 heteroatoms. The molecule has 0 heterocycles. The minimum atomic E-state index is -0.284. The van der Waals surface area contributed by atoms with Gasteiger partial charge in [0.1, 0.15) is 0 Å². The van der Waals surface area contributed by atoms with Crippen molar-refractivity contribution < 1.29 is 4.79 Å². The quantitative estimate of drug-likeness (QED) is 0.589. The summed E-state index contributed by atoms with van der Waals surface area (Å²) < 4.78 is 0.